The number of unbranched alkanes of at least 4 members (excludes halogenated alkanes) is 1. The Morgan fingerprint density at radius 3 is 1.71 bits per heavy atom. The molecule has 2 saturated carbocycles. The highest BCUT2D eigenvalue weighted by Gasteiger charge is 2.63. The molecule has 0 aromatic rings. The molecule has 0 bridgehead atoms. The van der Waals surface area contributed by atoms with Crippen LogP contribution in [-0.2, 0) is 28.7 Å². The van der Waals surface area contributed by atoms with E-state index < -0.39 is 0 Å². The first kappa shape index (κ1) is 24.1. The molecule has 0 radical (unpaired) electrons. The molecule has 6 nitrogen and oxygen atoms in total. The van der Waals surface area contributed by atoms with Crippen molar-refractivity contribution in [3.63, 3.8) is 0 Å². The number of hydrogen-bond donors (Lipinski definition) is 0. The fourth-order valence-corrected chi connectivity index (χ4v) is 3.87. The zero-order valence-electron chi connectivity index (χ0n) is 18.1. The minimum absolute atomic E-state index is 0.0758. The van der Waals surface area contributed by atoms with E-state index in [1.807, 2.05) is 33.8 Å². The number of methoxy groups -OCH3 is 2. The summed E-state index contributed by atoms with van der Waals surface area (Å²) in [6, 6.07) is 0. The van der Waals surface area contributed by atoms with Gasteiger partial charge in [0.05, 0.1) is 26.1 Å². The third-order valence-corrected chi connectivity index (χ3v) is 6.24. The molecule has 0 aliphatic heterocycles. The number of rotatable bonds is 8. The van der Waals surface area contributed by atoms with E-state index in [1.165, 1.54) is 14.2 Å². The minimum atomic E-state index is -0.271. The van der Waals surface area contributed by atoms with Crippen LogP contribution in [0.25, 0.3) is 0 Å². The second kappa shape index (κ2) is 9.48. The summed E-state index contributed by atoms with van der Waals surface area (Å²) in [6.07, 6.45) is 6.60. The Balaban J connectivity index is 0.000000307. The zero-order valence-corrected chi connectivity index (χ0v) is 18.1. The standard InChI is InChI=1S/C14H22O3.C8H12O3/c1-5-6-7-10(9-15)8-11-12(13(16)17-4)14(11,2)3;1-8(2)5(4-9)6(8)7(10)11-3/h8-9,11-12H,5-7H2,1-4H3;4-6H,1-3H3/b10-8+;. The summed E-state index contributed by atoms with van der Waals surface area (Å²) in [5.41, 5.74) is 0.555. The normalized spacial score (nSPS) is 28.9. The number of ether oxygens (including phenoxy) is 2. The largest absolute Gasteiger partial charge is 0.469 e. The van der Waals surface area contributed by atoms with Crippen molar-refractivity contribution in [3.8, 4) is 0 Å². The van der Waals surface area contributed by atoms with Gasteiger partial charge in [0.2, 0.25) is 0 Å². The fraction of sp³-hybridized carbons (Fsp3) is 0.727. The van der Waals surface area contributed by atoms with Gasteiger partial charge in [0.15, 0.2) is 0 Å². The van der Waals surface area contributed by atoms with E-state index in [4.69, 9.17) is 4.74 Å². The highest BCUT2D eigenvalue weighted by Crippen LogP contribution is 2.60. The molecule has 0 amide bonds. The van der Waals surface area contributed by atoms with Crippen molar-refractivity contribution < 1.29 is 28.7 Å². The Bertz CT molecular complexity index is 631. The van der Waals surface area contributed by atoms with Crippen molar-refractivity contribution in [1.82, 2.24) is 0 Å². The predicted octanol–water partition coefficient (Wildman–Crippen LogP) is 3.38. The monoisotopic (exact) mass is 394 g/mol. The molecule has 0 saturated heterocycles. The van der Waals surface area contributed by atoms with Crippen LogP contribution in [0, 0.1) is 34.5 Å². The van der Waals surface area contributed by atoms with Gasteiger partial charge in [0.25, 0.3) is 0 Å². The molecular weight excluding hydrogens is 360 g/mol. The van der Waals surface area contributed by atoms with Crippen LogP contribution in [0.4, 0.5) is 0 Å². The van der Waals surface area contributed by atoms with Crippen molar-refractivity contribution in [3.05, 3.63) is 11.6 Å². The second-order valence-electron chi connectivity index (χ2n) is 8.80. The fourth-order valence-electron chi connectivity index (χ4n) is 3.87. The molecule has 2 aliphatic carbocycles. The Hall–Kier alpha value is -1.98. The number of allylic oxidation sites excluding steroid dienone is 2. The first-order valence-electron chi connectivity index (χ1n) is 9.81. The van der Waals surface area contributed by atoms with E-state index in [0.29, 0.717) is 0 Å². The maximum Gasteiger partial charge on any atom is 0.309 e. The highest BCUT2D eigenvalue weighted by molar-refractivity contribution is 5.84. The van der Waals surface area contributed by atoms with Crippen molar-refractivity contribution in [2.75, 3.05) is 14.2 Å². The lowest BCUT2D eigenvalue weighted by Gasteiger charge is -2.00. The van der Waals surface area contributed by atoms with Gasteiger partial charge in [-0.1, -0.05) is 47.1 Å². The van der Waals surface area contributed by atoms with Crippen molar-refractivity contribution in [2.24, 2.45) is 34.5 Å². The molecule has 4 atom stereocenters. The van der Waals surface area contributed by atoms with Crippen LogP contribution < -0.4 is 0 Å². The van der Waals surface area contributed by atoms with Crippen LogP contribution in [0.2, 0.25) is 0 Å². The summed E-state index contributed by atoms with van der Waals surface area (Å²) in [7, 11) is 2.76. The maximum absolute atomic E-state index is 11.5. The average molecular weight is 395 g/mol. The number of carbonyl (C=O) groups is 4. The lowest BCUT2D eigenvalue weighted by atomic mass is 10.0. The molecule has 0 aromatic carbocycles. The van der Waals surface area contributed by atoms with Gasteiger partial charge in [-0.25, -0.2) is 0 Å². The molecule has 6 heteroatoms. The minimum Gasteiger partial charge on any atom is -0.469 e. The topological polar surface area (TPSA) is 86.7 Å². The van der Waals surface area contributed by atoms with Crippen molar-refractivity contribution in [2.45, 2.75) is 53.9 Å². The molecule has 0 spiro atoms. The highest BCUT2D eigenvalue weighted by atomic mass is 16.5. The van der Waals surface area contributed by atoms with E-state index >= 15 is 0 Å². The molecule has 2 rings (SSSR count). The van der Waals surface area contributed by atoms with Gasteiger partial charge < -0.3 is 14.3 Å². The first-order valence-corrected chi connectivity index (χ1v) is 9.81. The number of esters is 2. The predicted molar refractivity (Wildman–Crippen MR) is 105 cm³/mol. The van der Waals surface area contributed by atoms with Crippen LogP contribution in [-0.4, -0.2) is 38.7 Å². The SMILES string of the molecule is CCCC/C(C=O)=C\C1C(C(=O)OC)C1(C)C.COC(=O)C1C(C=O)C1(C)C. The van der Waals surface area contributed by atoms with Crippen LogP contribution in [0.5, 0.6) is 0 Å². The quantitative estimate of drug-likeness (QED) is 0.356. The summed E-state index contributed by atoms with van der Waals surface area (Å²) >= 11 is 0. The molecule has 28 heavy (non-hydrogen) atoms. The van der Waals surface area contributed by atoms with Gasteiger partial charge in [-0.15, -0.1) is 0 Å². The van der Waals surface area contributed by atoms with E-state index in [2.05, 4.69) is 11.7 Å². The number of carbonyl (C=O) groups excluding carboxylic acids is 4. The van der Waals surface area contributed by atoms with E-state index in [-0.39, 0.29) is 46.4 Å². The van der Waals surface area contributed by atoms with Crippen molar-refractivity contribution in [1.29, 1.82) is 0 Å². The third-order valence-electron chi connectivity index (χ3n) is 6.24. The molecule has 0 heterocycles. The van der Waals surface area contributed by atoms with Crippen LogP contribution in [0.3, 0.4) is 0 Å². The Kier molecular flexibility index (Phi) is 8.15. The molecule has 0 aromatic heterocycles. The summed E-state index contributed by atoms with van der Waals surface area (Å²) < 4.78 is 9.32. The summed E-state index contributed by atoms with van der Waals surface area (Å²) in [5, 5.41) is 0. The zero-order chi connectivity index (χ0) is 21.7. The molecule has 2 fully saturated rings. The maximum atomic E-state index is 11.5. The average Bonchev–Trinajstić information content (AvgIpc) is 3.44. The molecule has 2 aliphatic rings. The molecule has 4 unspecified atom stereocenters. The molecule has 158 valence electrons. The van der Waals surface area contributed by atoms with Gasteiger partial charge in [-0.3, -0.25) is 14.4 Å². The number of aldehydes is 2. The van der Waals surface area contributed by atoms with Gasteiger partial charge in [0.1, 0.15) is 12.6 Å². The van der Waals surface area contributed by atoms with Crippen LogP contribution >= 0.6 is 0 Å². The Labute approximate surface area is 168 Å². The van der Waals surface area contributed by atoms with Gasteiger partial charge in [0, 0.05) is 5.92 Å². The van der Waals surface area contributed by atoms with Crippen molar-refractivity contribution >= 4 is 24.5 Å². The summed E-state index contributed by atoms with van der Waals surface area (Å²) in [4.78, 5) is 43.9. The van der Waals surface area contributed by atoms with E-state index in [0.717, 1.165) is 37.4 Å². The van der Waals surface area contributed by atoms with Gasteiger partial charge in [-0.2, -0.15) is 0 Å². The Morgan fingerprint density at radius 1 is 0.893 bits per heavy atom. The van der Waals surface area contributed by atoms with Crippen LogP contribution in [0.15, 0.2) is 11.6 Å². The molecular formula is C22H34O6. The summed E-state index contributed by atoms with van der Waals surface area (Å²) in [5.74, 6) is -0.750. The smallest absolute Gasteiger partial charge is 0.309 e. The van der Waals surface area contributed by atoms with Gasteiger partial charge >= 0.3 is 11.9 Å². The lowest BCUT2D eigenvalue weighted by Crippen LogP contribution is -2.07. The second-order valence-corrected chi connectivity index (χ2v) is 8.80. The van der Waals surface area contributed by atoms with Gasteiger partial charge in [-0.05, 0) is 35.2 Å². The third kappa shape index (κ3) is 5.09. The molecule has 0 N–H and O–H groups in total. The summed E-state index contributed by atoms with van der Waals surface area (Å²) in [6.45, 7) is 9.97. The van der Waals surface area contributed by atoms with E-state index in [1.54, 1.807) is 0 Å². The first-order chi connectivity index (χ1) is 13.0. The Morgan fingerprint density at radius 2 is 1.36 bits per heavy atom. The number of hydrogen-bond acceptors (Lipinski definition) is 6. The van der Waals surface area contributed by atoms with E-state index in [9.17, 15) is 19.2 Å². The van der Waals surface area contributed by atoms with Crippen LogP contribution in [0.1, 0.15) is 53.9 Å². The lowest BCUT2D eigenvalue weighted by molar-refractivity contribution is -0.144.